The minimum Gasteiger partial charge on any atom is -0.444 e. The normalized spacial score (nSPS) is 3.79. The fourth-order valence-electron chi connectivity index (χ4n) is 0. The molecule has 0 bridgehead atoms. The zero-order valence-corrected chi connectivity index (χ0v) is 10.2. The van der Waals surface area contributed by atoms with Gasteiger partial charge in [-0.15, -0.1) is 32.0 Å². The zero-order valence-electron chi connectivity index (χ0n) is 7.90. The van der Waals surface area contributed by atoms with Crippen LogP contribution in [0.3, 0.4) is 0 Å². The van der Waals surface area contributed by atoms with E-state index in [0.29, 0.717) is 0 Å². The van der Waals surface area contributed by atoms with Crippen LogP contribution in [0.25, 0.3) is 0 Å². The Bertz CT molecular complexity index is 114. The number of nitrogens with zero attached hydrogens (tertiary/aromatic N) is 6. The summed E-state index contributed by atoms with van der Waals surface area (Å²) in [4.78, 5) is 48.0. The van der Waals surface area contributed by atoms with Gasteiger partial charge in [0.05, 0.1) is 0 Å². The van der Waals surface area contributed by atoms with Crippen molar-refractivity contribution < 1.29 is 21.1 Å². The Morgan fingerprint density at radius 3 is 0.368 bits per heavy atom. The fraction of sp³-hybridized carbons (Fsp3) is 0. The van der Waals surface area contributed by atoms with E-state index < -0.39 is 0 Å². The molecule has 0 amide bonds. The van der Waals surface area contributed by atoms with Crippen molar-refractivity contribution in [2.75, 3.05) is 0 Å². The van der Waals surface area contributed by atoms with Gasteiger partial charge in [0.1, 0.15) is 0 Å². The fourth-order valence-corrected chi connectivity index (χ4v) is 0. The Morgan fingerprint density at radius 1 is 0.368 bits per heavy atom. The molecule has 0 atom stereocenters. The van der Waals surface area contributed by atoms with E-state index in [-0.39, 0.29) is 21.1 Å². The van der Waals surface area contributed by atoms with Gasteiger partial charge in [-0.3, -0.25) is 0 Å². The van der Waals surface area contributed by atoms with E-state index in [9.17, 15) is 0 Å². The number of hydrogen-bond donors (Lipinski definition) is 0. The van der Waals surface area contributed by atoms with Crippen molar-refractivity contribution in [1.29, 1.82) is 0 Å². The molecule has 0 saturated heterocycles. The molecular formula is N6O12Pt-6. The largest absolute Gasteiger partial charge is 0.444 e. The van der Waals surface area contributed by atoms with Crippen molar-refractivity contribution >= 4 is 0 Å². The van der Waals surface area contributed by atoms with E-state index in [1.807, 2.05) is 0 Å². The molecule has 0 aliphatic heterocycles. The third-order valence-corrected chi connectivity index (χ3v) is 0. The molecule has 0 unspecified atom stereocenters. The molecule has 18 nitrogen and oxygen atoms in total. The minimum absolute atomic E-state index is 0. The molecule has 19 heavy (non-hydrogen) atoms. The zero-order chi connectivity index (χ0) is 16.2. The first-order valence-corrected chi connectivity index (χ1v) is 2.19. The Kier molecular flexibility index (Phi) is 733. The summed E-state index contributed by atoms with van der Waals surface area (Å²) >= 11 is 0. The molecule has 0 aliphatic rings. The Balaban J connectivity index is -0.0000000180. The first-order valence-electron chi connectivity index (χ1n) is 2.19. The van der Waals surface area contributed by atoms with Crippen molar-refractivity contribution in [2.45, 2.75) is 0 Å². The van der Waals surface area contributed by atoms with Crippen LogP contribution in [-0.2, 0) is 21.1 Å². The second-order valence-electron chi connectivity index (χ2n) is 0.447. The Labute approximate surface area is 114 Å². The average Bonchev–Trinajstić information content (AvgIpc) is 2.23. The van der Waals surface area contributed by atoms with Gasteiger partial charge in [0, 0.05) is 21.1 Å². The van der Waals surface area contributed by atoms with Gasteiger partial charge in [-0.05, 0) is 0 Å². The number of hydrogen-bond acceptors (Lipinski definition) is 18. The predicted molar refractivity (Wildman–Crippen MR) is 55.0 cm³/mol. The summed E-state index contributed by atoms with van der Waals surface area (Å²) in [5.41, 5.74) is 0. The monoisotopic (exact) mass is 471 g/mol. The third kappa shape index (κ3) is 305. The maximum Gasteiger partial charge on any atom is 0 e. The molecule has 0 aromatic rings. The van der Waals surface area contributed by atoms with E-state index in [4.69, 9.17) is 60.7 Å². The van der Waals surface area contributed by atoms with Crippen molar-refractivity contribution in [2.24, 2.45) is 32.0 Å². The van der Waals surface area contributed by atoms with Crippen molar-refractivity contribution in [3.05, 3.63) is 60.7 Å². The quantitative estimate of drug-likeness (QED) is 0.358. The van der Waals surface area contributed by atoms with Gasteiger partial charge in [-0.25, -0.2) is 0 Å². The molecule has 19 heteroatoms. The first kappa shape index (κ1) is 44.3. The topological polar surface area (TPSA) is 315 Å². The molecule has 0 radical (unpaired) electrons. The van der Waals surface area contributed by atoms with Crippen molar-refractivity contribution in [3.63, 3.8) is 0 Å². The second-order valence-corrected chi connectivity index (χ2v) is 0.447. The minimum atomic E-state index is 0. The van der Waals surface area contributed by atoms with Crippen LogP contribution < -0.4 is 0 Å². The van der Waals surface area contributed by atoms with E-state index in [2.05, 4.69) is 0 Å². The van der Waals surface area contributed by atoms with Gasteiger partial charge < -0.3 is 60.7 Å². The molecular weight excluding hydrogens is 471 g/mol. The van der Waals surface area contributed by atoms with Crippen LogP contribution in [0.1, 0.15) is 0 Å². The summed E-state index contributed by atoms with van der Waals surface area (Å²) in [6, 6.07) is 0. The van der Waals surface area contributed by atoms with E-state index in [1.54, 1.807) is 0 Å². The smallest absolute Gasteiger partial charge is 0 e. The van der Waals surface area contributed by atoms with Crippen LogP contribution in [0.2, 0.25) is 0 Å². The van der Waals surface area contributed by atoms with Crippen LogP contribution >= 0.6 is 0 Å². The molecule has 0 rings (SSSR count). The summed E-state index contributed by atoms with van der Waals surface area (Å²) in [6.45, 7) is 0. The van der Waals surface area contributed by atoms with E-state index in [1.165, 1.54) is 0 Å². The molecule has 0 aliphatic carbocycles. The van der Waals surface area contributed by atoms with Gasteiger partial charge in [0.2, 0.25) is 0 Å². The standard InChI is InChI=1S/6HNO2.Pt/c6*2-1-3;/h6*(H,2,3);/p-6. The van der Waals surface area contributed by atoms with Crippen LogP contribution in [0.15, 0.2) is 32.0 Å². The summed E-state index contributed by atoms with van der Waals surface area (Å²) in [7, 11) is 0. The van der Waals surface area contributed by atoms with Gasteiger partial charge in [0.15, 0.2) is 0 Å². The molecule has 0 fully saturated rings. The second kappa shape index (κ2) is 314. The van der Waals surface area contributed by atoms with Crippen LogP contribution in [-0.4, -0.2) is 0 Å². The van der Waals surface area contributed by atoms with Gasteiger partial charge in [-0.2, -0.15) is 0 Å². The van der Waals surface area contributed by atoms with E-state index >= 15 is 0 Å². The summed E-state index contributed by atoms with van der Waals surface area (Å²) in [5.74, 6) is 0. The van der Waals surface area contributed by atoms with Gasteiger partial charge in [-0.1, -0.05) is 0 Å². The molecule has 0 N–H and O–H groups in total. The summed E-state index contributed by atoms with van der Waals surface area (Å²) in [6.07, 6.45) is 0. The molecule has 0 aromatic carbocycles. The maximum absolute atomic E-state index is 8.00. The Hall–Kier alpha value is -2.91. The predicted octanol–water partition coefficient (Wildman–Crippen LogP) is 1.50. The molecule has 0 heterocycles. The molecule has 0 saturated carbocycles. The third-order valence-electron chi connectivity index (χ3n) is 0. The summed E-state index contributed by atoms with van der Waals surface area (Å²) < 4.78 is 0. The summed E-state index contributed by atoms with van der Waals surface area (Å²) in [5, 5.41) is 54.0. The Morgan fingerprint density at radius 2 is 0.368 bits per heavy atom. The van der Waals surface area contributed by atoms with Crippen molar-refractivity contribution in [1.82, 2.24) is 0 Å². The van der Waals surface area contributed by atoms with Crippen molar-refractivity contribution in [3.8, 4) is 0 Å². The average molecular weight is 471 g/mol. The molecule has 0 aromatic heterocycles. The van der Waals surface area contributed by atoms with Crippen LogP contribution in [0.5, 0.6) is 0 Å². The van der Waals surface area contributed by atoms with Gasteiger partial charge in [0.25, 0.3) is 0 Å². The number of rotatable bonds is 0. The molecule has 118 valence electrons. The SMILES string of the molecule is O=N[O-].O=N[O-].O=N[O-].O=N[O-].O=N[O-].O=N[O-].[Pt]. The van der Waals surface area contributed by atoms with Crippen LogP contribution in [0.4, 0.5) is 0 Å². The van der Waals surface area contributed by atoms with E-state index in [0.717, 1.165) is 32.0 Å². The maximum atomic E-state index is 8.00. The molecule has 0 spiro atoms. The first-order chi connectivity index (χ1) is 8.49. The van der Waals surface area contributed by atoms with Gasteiger partial charge >= 0.3 is 0 Å². The van der Waals surface area contributed by atoms with Crippen LogP contribution in [0, 0.1) is 60.7 Å².